The van der Waals surface area contributed by atoms with E-state index in [1.807, 2.05) is 107 Å². The van der Waals surface area contributed by atoms with Gasteiger partial charge in [-0.3, -0.25) is 28.1 Å². The van der Waals surface area contributed by atoms with Crippen LogP contribution in [0, 0.1) is 20.8 Å². The number of imidazole rings is 3. The molecular formula is C65H80ClN17O10. The summed E-state index contributed by atoms with van der Waals surface area (Å²) in [7, 11) is 0. The molecule has 3 amide bonds. The van der Waals surface area contributed by atoms with Crippen molar-refractivity contribution >= 4 is 36.3 Å². The number of aromatic nitrogens is 12. The molecule has 2 fully saturated rings. The van der Waals surface area contributed by atoms with E-state index >= 15 is 0 Å². The number of nitrogens with two attached hydrogens (primary N) is 1. The first-order valence-electron chi connectivity index (χ1n) is 30.9. The van der Waals surface area contributed by atoms with Gasteiger partial charge in [0.25, 0.3) is 0 Å². The monoisotopic (exact) mass is 1290 g/mol. The molecule has 27 nitrogen and oxygen atoms in total. The van der Waals surface area contributed by atoms with Crippen LogP contribution in [-0.4, -0.2) is 162 Å². The number of nitrogens with one attached hydrogen (secondary N) is 1. The lowest BCUT2D eigenvalue weighted by atomic mass is 10.1. The quantitative estimate of drug-likeness (QED) is 0.0543. The Morgan fingerprint density at radius 3 is 1.65 bits per heavy atom. The van der Waals surface area contributed by atoms with E-state index in [-0.39, 0.29) is 54.7 Å². The Labute approximate surface area is 545 Å². The number of fused-ring (bicyclic) bond motifs is 2. The van der Waals surface area contributed by atoms with E-state index in [2.05, 4.69) is 40.2 Å². The number of halogens is 1. The van der Waals surface area contributed by atoms with Gasteiger partial charge in [-0.2, -0.15) is 0 Å². The standard InChI is InChI=1S/C28H34N6O5.C23H26N6O3.C14H19N5O2.ClH/c1-19-15-21(31-26(30-19)33-10-9-29-18-33)22-6-8-25(35)34(22)12-11-32(27(36)39-28(2,3)4)17-20-5-7-23-24(16-20)38-14-13-37-23;1-16-12-18(27-23(26-16)28-8-6-25-15-28)19-3-5-22(30)29(19)9-7-24-14-17-2-4-20-21(13-17)32-11-10-31-20;1-3-21-13(20)5-4-11(15)12-8-10(2)17-14(18-12)19-7-6-16-9-19;/h5,7,9-10,15-16,18,22H,6,8,11-14,17H2,1-4H3;2,4,6,8,12-13,15,19,24H,3,5,7,9-11,14H2,1H3;6-9,11H,3-5,15H2,1-2H3;1H. The molecule has 0 bridgehead atoms. The zero-order chi connectivity index (χ0) is 64.7. The van der Waals surface area contributed by atoms with E-state index in [4.69, 9.17) is 44.1 Å². The maximum atomic E-state index is 13.2. The zero-order valence-corrected chi connectivity index (χ0v) is 54.2. The predicted molar refractivity (Wildman–Crippen MR) is 342 cm³/mol. The molecule has 10 heterocycles. The summed E-state index contributed by atoms with van der Waals surface area (Å²) in [4.78, 5) is 95.0. The van der Waals surface area contributed by atoms with Crippen LogP contribution >= 0.6 is 12.4 Å². The fraction of sp³-hybridized carbons (Fsp3) is 0.431. The van der Waals surface area contributed by atoms with Crippen LogP contribution in [0.4, 0.5) is 4.79 Å². The number of rotatable bonds is 20. The van der Waals surface area contributed by atoms with Crippen LogP contribution in [0.15, 0.2) is 111 Å². The predicted octanol–water partition coefficient (Wildman–Crippen LogP) is 7.77. The molecule has 12 rings (SSSR count). The van der Waals surface area contributed by atoms with Crippen molar-refractivity contribution in [1.82, 2.24) is 78.6 Å². The van der Waals surface area contributed by atoms with Crippen LogP contribution < -0.4 is 30.0 Å². The van der Waals surface area contributed by atoms with E-state index in [1.54, 1.807) is 80.4 Å². The lowest BCUT2D eigenvalue weighted by molar-refractivity contribution is -0.143. The summed E-state index contributed by atoms with van der Waals surface area (Å²) in [5.74, 6) is 4.49. The van der Waals surface area contributed by atoms with E-state index in [1.165, 1.54) is 0 Å². The van der Waals surface area contributed by atoms with Crippen molar-refractivity contribution in [2.45, 2.75) is 124 Å². The van der Waals surface area contributed by atoms with Crippen molar-refractivity contribution in [3.8, 4) is 40.8 Å². The summed E-state index contributed by atoms with van der Waals surface area (Å²) in [6, 6.07) is 16.8. The molecule has 93 heavy (non-hydrogen) atoms. The van der Waals surface area contributed by atoms with Crippen molar-refractivity contribution < 1.29 is 47.6 Å². The second-order valence-electron chi connectivity index (χ2n) is 23.4. The molecule has 0 radical (unpaired) electrons. The smallest absolute Gasteiger partial charge is 0.410 e. The number of likely N-dealkylation sites (tertiary alicyclic amines) is 2. The maximum Gasteiger partial charge on any atom is 0.410 e. The third-order valence-electron chi connectivity index (χ3n) is 15.2. The second kappa shape index (κ2) is 31.6. The van der Waals surface area contributed by atoms with Gasteiger partial charge in [-0.1, -0.05) is 12.1 Å². The largest absolute Gasteiger partial charge is 0.486 e. The maximum absolute atomic E-state index is 13.2. The van der Waals surface area contributed by atoms with Crippen LogP contribution in [-0.2, 0) is 36.9 Å². The van der Waals surface area contributed by atoms with E-state index in [0.717, 1.165) is 57.5 Å². The van der Waals surface area contributed by atoms with Crippen LogP contribution in [0.2, 0.25) is 0 Å². The van der Waals surface area contributed by atoms with Gasteiger partial charge < -0.3 is 54.2 Å². The Morgan fingerprint density at radius 2 is 1.14 bits per heavy atom. The molecule has 0 aliphatic carbocycles. The molecule has 2 aromatic carbocycles. The van der Waals surface area contributed by atoms with Gasteiger partial charge in [-0.15, -0.1) is 12.4 Å². The number of benzene rings is 2. The van der Waals surface area contributed by atoms with Crippen molar-refractivity contribution in [3.05, 3.63) is 156 Å². The normalized spacial score (nSPS) is 15.9. The van der Waals surface area contributed by atoms with Gasteiger partial charge in [0.15, 0.2) is 23.0 Å². The van der Waals surface area contributed by atoms with Crippen LogP contribution in [0.1, 0.15) is 130 Å². The average Bonchev–Trinajstić information content (AvgIpc) is 1.84. The first kappa shape index (κ1) is 67.8. The first-order valence-corrected chi connectivity index (χ1v) is 30.9. The van der Waals surface area contributed by atoms with Gasteiger partial charge in [-0.25, -0.2) is 49.7 Å². The molecule has 3 atom stereocenters. The Morgan fingerprint density at radius 1 is 0.656 bits per heavy atom. The van der Waals surface area contributed by atoms with Gasteiger partial charge in [0.2, 0.25) is 29.7 Å². The number of nitrogens with zero attached hydrogens (tertiary/aromatic N) is 15. The fourth-order valence-electron chi connectivity index (χ4n) is 10.9. The number of ether oxygens (including phenoxy) is 6. The SMILES string of the molecule is CCOC(=O)CCC(N)c1cc(C)nc(-n2ccnc2)n1.Cc1cc(C2CCC(=O)N2CCN(Cc2ccc3c(c2)OCCO3)C(=O)OC(C)(C)C)nc(-n2ccnc2)n1.Cc1cc(C2CCC(=O)N2CCNCc2ccc3c(c2)OCCO3)nc(-n2ccnc2)n1.Cl. The fourth-order valence-corrected chi connectivity index (χ4v) is 10.9. The Hall–Kier alpha value is -9.60. The Balaban J connectivity index is 0.000000171. The molecule has 6 aromatic heterocycles. The van der Waals surface area contributed by atoms with Gasteiger partial charge >= 0.3 is 12.1 Å². The number of hydrogen-bond acceptors (Lipinski definition) is 21. The third-order valence-corrected chi connectivity index (χ3v) is 15.2. The highest BCUT2D eigenvalue weighted by Gasteiger charge is 2.36. The Kier molecular flexibility index (Phi) is 23.0. The lowest BCUT2D eigenvalue weighted by Gasteiger charge is -2.31. The third kappa shape index (κ3) is 18.3. The van der Waals surface area contributed by atoms with Gasteiger partial charge in [-0.05, 0) is 121 Å². The number of aryl methyl sites for hydroxylation is 3. The molecule has 3 N–H and O–H groups in total. The molecule has 0 saturated carbocycles. The number of amides is 3. The average molecular weight is 1290 g/mol. The molecule has 0 spiro atoms. The van der Waals surface area contributed by atoms with Gasteiger partial charge in [0.05, 0.1) is 35.8 Å². The van der Waals surface area contributed by atoms with Crippen molar-refractivity contribution in [2.75, 3.05) is 59.2 Å². The highest BCUT2D eigenvalue weighted by molar-refractivity contribution is 5.85. The molecule has 4 aliphatic rings. The molecule has 492 valence electrons. The van der Waals surface area contributed by atoms with E-state index in [0.29, 0.717) is 133 Å². The summed E-state index contributed by atoms with van der Waals surface area (Å²) in [5, 5.41) is 3.44. The van der Waals surface area contributed by atoms with Crippen LogP contribution in [0.5, 0.6) is 23.0 Å². The number of carbonyl (C=O) groups excluding carboxylic acids is 4. The van der Waals surface area contributed by atoms with Crippen LogP contribution in [0.25, 0.3) is 17.8 Å². The van der Waals surface area contributed by atoms with Crippen molar-refractivity contribution in [2.24, 2.45) is 5.73 Å². The molecule has 2 saturated heterocycles. The molecule has 28 heteroatoms. The number of esters is 1. The highest BCUT2D eigenvalue weighted by Crippen LogP contribution is 2.36. The summed E-state index contributed by atoms with van der Waals surface area (Å²) >= 11 is 0. The van der Waals surface area contributed by atoms with Crippen molar-refractivity contribution in [1.29, 1.82) is 0 Å². The summed E-state index contributed by atoms with van der Waals surface area (Å²) in [6.07, 6.45) is 18.0. The molecule has 3 unspecified atom stereocenters. The first-order chi connectivity index (χ1) is 44.4. The molecule has 4 aliphatic heterocycles. The lowest BCUT2D eigenvalue weighted by Crippen LogP contribution is -2.42. The van der Waals surface area contributed by atoms with E-state index < -0.39 is 11.7 Å². The summed E-state index contributed by atoms with van der Waals surface area (Å²) in [5.41, 5.74) is 12.3. The van der Waals surface area contributed by atoms with Crippen molar-refractivity contribution in [3.63, 3.8) is 0 Å². The van der Waals surface area contributed by atoms with Gasteiger partial charge in [0, 0.05) is 119 Å². The van der Waals surface area contributed by atoms with E-state index in [9.17, 15) is 19.2 Å². The minimum Gasteiger partial charge on any atom is -0.486 e. The summed E-state index contributed by atoms with van der Waals surface area (Å²) in [6.45, 7) is 18.5. The Bertz CT molecular complexity index is 3790. The molecular weight excluding hydrogens is 1210 g/mol. The second-order valence-corrected chi connectivity index (χ2v) is 23.4. The zero-order valence-electron chi connectivity index (χ0n) is 53.4. The summed E-state index contributed by atoms with van der Waals surface area (Å²) < 4.78 is 38.4. The molecule has 8 aromatic rings. The van der Waals surface area contributed by atoms with Crippen LogP contribution in [0.3, 0.4) is 0 Å². The minimum absolute atomic E-state index is 0. The van der Waals surface area contributed by atoms with Gasteiger partial charge in [0.1, 0.15) is 51.0 Å². The minimum atomic E-state index is -0.656. The highest BCUT2D eigenvalue weighted by atomic mass is 35.5. The topological polar surface area (TPSA) is 302 Å². The number of hydrogen-bond donors (Lipinski definition) is 2. The number of carbonyl (C=O) groups is 4.